The molecule has 0 fully saturated rings. The number of rotatable bonds is 3. The minimum atomic E-state index is -1.04. The molecule has 2 aromatic rings. The van der Waals surface area contributed by atoms with Crippen LogP contribution in [0.3, 0.4) is 0 Å². The number of imide groups is 1. The van der Waals surface area contributed by atoms with Crippen molar-refractivity contribution in [1.29, 1.82) is 5.26 Å². The Balaban J connectivity index is 2.33. The van der Waals surface area contributed by atoms with Crippen molar-refractivity contribution in [3.8, 4) is 17.4 Å². The predicted octanol–water partition coefficient (Wildman–Crippen LogP) is 3.01. The Bertz CT molecular complexity index is 846. The first-order chi connectivity index (χ1) is 10.9. The van der Waals surface area contributed by atoms with Crippen molar-refractivity contribution in [2.24, 2.45) is 5.73 Å². The van der Waals surface area contributed by atoms with Crippen molar-refractivity contribution in [1.82, 2.24) is 5.32 Å². The van der Waals surface area contributed by atoms with Crippen LogP contribution < -0.4 is 11.1 Å². The van der Waals surface area contributed by atoms with E-state index in [1.165, 1.54) is 6.08 Å². The van der Waals surface area contributed by atoms with E-state index in [1.54, 1.807) is 30.3 Å². The molecule has 0 aliphatic rings. The van der Waals surface area contributed by atoms with Crippen LogP contribution in [0.25, 0.3) is 17.4 Å². The Hall–Kier alpha value is -3.04. The number of halogens is 1. The van der Waals surface area contributed by atoms with Gasteiger partial charge in [0, 0.05) is 16.7 Å². The monoisotopic (exact) mass is 329 g/mol. The van der Waals surface area contributed by atoms with Gasteiger partial charge in [0.15, 0.2) is 0 Å². The average Bonchev–Trinajstić information content (AvgIpc) is 2.94. The summed E-state index contributed by atoms with van der Waals surface area (Å²) in [5.41, 5.74) is 6.32. The molecule has 23 heavy (non-hydrogen) atoms. The number of amides is 3. The first-order valence-electron chi connectivity index (χ1n) is 6.49. The molecule has 6 nitrogen and oxygen atoms in total. The summed E-state index contributed by atoms with van der Waals surface area (Å²) in [5, 5.41) is 11.4. The van der Waals surface area contributed by atoms with Gasteiger partial charge in [0.1, 0.15) is 23.2 Å². The van der Waals surface area contributed by atoms with E-state index in [0.717, 1.165) is 11.1 Å². The smallest absolute Gasteiger partial charge is 0.319 e. The van der Waals surface area contributed by atoms with Gasteiger partial charge in [0.25, 0.3) is 5.91 Å². The Morgan fingerprint density at radius 3 is 2.74 bits per heavy atom. The molecule has 7 heteroatoms. The molecule has 0 aliphatic heterocycles. The SMILES string of the molecule is Cc1ccc(Cl)cc1-c1ccc(/C=C(/C#N)C(=O)NC(N)=O)o1. The minimum absolute atomic E-state index is 0.288. The number of primary amides is 1. The molecule has 0 aliphatic carbocycles. The number of benzene rings is 1. The molecule has 1 aromatic heterocycles. The van der Waals surface area contributed by atoms with E-state index < -0.39 is 11.9 Å². The van der Waals surface area contributed by atoms with Gasteiger partial charge in [0.05, 0.1) is 0 Å². The van der Waals surface area contributed by atoms with Gasteiger partial charge in [-0.1, -0.05) is 17.7 Å². The highest BCUT2D eigenvalue weighted by Gasteiger charge is 2.13. The number of carbonyl (C=O) groups excluding carboxylic acids is 2. The number of aryl methyl sites for hydroxylation is 1. The second kappa shape index (κ2) is 6.81. The number of carbonyl (C=O) groups is 2. The van der Waals surface area contributed by atoms with Gasteiger partial charge in [-0.25, -0.2) is 4.79 Å². The summed E-state index contributed by atoms with van der Waals surface area (Å²) in [6.07, 6.45) is 1.22. The third-order valence-corrected chi connectivity index (χ3v) is 3.22. The molecule has 0 unspecified atom stereocenters. The summed E-state index contributed by atoms with van der Waals surface area (Å²) in [4.78, 5) is 22.3. The van der Waals surface area contributed by atoms with Crippen molar-refractivity contribution in [3.63, 3.8) is 0 Å². The standard InChI is InChI=1S/C16H12ClN3O3/c1-9-2-3-11(17)7-13(9)14-5-4-12(23-14)6-10(8-18)15(21)20-16(19)22/h2-7H,1H3,(H3,19,20,21,22)/b10-6-. The maximum Gasteiger partial charge on any atom is 0.319 e. The van der Waals surface area contributed by atoms with Crippen molar-refractivity contribution >= 4 is 29.6 Å². The summed E-state index contributed by atoms with van der Waals surface area (Å²) in [6.45, 7) is 1.91. The lowest BCUT2D eigenvalue weighted by molar-refractivity contribution is -0.115. The summed E-state index contributed by atoms with van der Waals surface area (Å²) >= 11 is 5.98. The van der Waals surface area contributed by atoms with E-state index in [1.807, 2.05) is 18.3 Å². The number of nitrogens with zero attached hydrogens (tertiary/aromatic N) is 1. The molecule has 0 atom stereocenters. The highest BCUT2D eigenvalue weighted by atomic mass is 35.5. The van der Waals surface area contributed by atoms with Gasteiger partial charge in [-0.2, -0.15) is 5.26 Å². The lowest BCUT2D eigenvalue weighted by Gasteiger charge is -2.02. The first-order valence-corrected chi connectivity index (χ1v) is 6.87. The minimum Gasteiger partial charge on any atom is -0.457 e. The fraction of sp³-hybridized carbons (Fsp3) is 0.0625. The van der Waals surface area contributed by atoms with Crippen molar-refractivity contribution in [2.75, 3.05) is 0 Å². The second-order valence-corrected chi connectivity index (χ2v) is 5.09. The van der Waals surface area contributed by atoms with Gasteiger partial charge in [-0.3, -0.25) is 10.1 Å². The average molecular weight is 330 g/mol. The number of nitrogens with two attached hydrogens (primary N) is 1. The van der Waals surface area contributed by atoms with Crippen LogP contribution in [-0.4, -0.2) is 11.9 Å². The highest BCUT2D eigenvalue weighted by Crippen LogP contribution is 2.28. The van der Waals surface area contributed by atoms with E-state index in [2.05, 4.69) is 0 Å². The van der Waals surface area contributed by atoms with Crippen molar-refractivity contribution < 1.29 is 14.0 Å². The number of urea groups is 1. The fourth-order valence-corrected chi connectivity index (χ4v) is 2.08. The number of hydrogen-bond acceptors (Lipinski definition) is 4. The number of furan rings is 1. The van der Waals surface area contributed by atoms with Gasteiger partial charge in [-0.15, -0.1) is 0 Å². The Morgan fingerprint density at radius 1 is 1.35 bits per heavy atom. The Kier molecular flexibility index (Phi) is 4.84. The number of nitrogens with one attached hydrogen (secondary N) is 1. The molecule has 0 saturated carbocycles. The second-order valence-electron chi connectivity index (χ2n) is 4.65. The third-order valence-electron chi connectivity index (χ3n) is 2.98. The zero-order valence-electron chi connectivity index (χ0n) is 12.1. The first kappa shape index (κ1) is 16.3. The van der Waals surface area contributed by atoms with Gasteiger partial charge in [0.2, 0.25) is 0 Å². The van der Waals surface area contributed by atoms with E-state index in [4.69, 9.17) is 27.0 Å². The normalized spacial score (nSPS) is 10.9. The summed E-state index contributed by atoms with van der Waals surface area (Å²) in [7, 11) is 0. The molecule has 0 radical (unpaired) electrons. The maximum atomic E-state index is 11.6. The summed E-state index contributed by atoms with van der Waals surface area (Å²) < 4.78 is 5.61. The maximum absolute atomic E-state index is 11.6. The van der Waals surface area contributed by atoms with E-state index in [0.29, 0.717) is 10.8 Å². The number of nitriles is 1. The van der Waals surface area contributed by atoms with Crippen LogP contribution >= 0.6 is 11.6 Å². The Labute approximate surface area is 137 Å². The van der Waals surface area contributed by atoms with Crippen LogP contribution in [0, 0.1) is 18.3 Å². The van der Waals surface area contributed by atoms with Crippen molar-refractivity contribution in [3.05, 3.63) is 52.3 Å². The fourth-order valence-electron chi connectivity index (χ4n) is 1.90. The van der Waals surface area contributed by atoms with E-state index in [-0.39, 0.29) is 11.3 Å². The Morgan fingerprint density at radius 2 is 2.09 bits per heavy atom. The van der Waals surface area contributed by atoms with Gasteiger partial charge in [-0.05, 0) is 36.8 Å². The lowest BCUT2D eigenvalue weighted by Crippen LogP contribution is -2.35. The molecule has 3 N–H and O–H groups in total. The molecule has 1 aromatic carbocycles. The summed E-state index contributed by atoms with van der Waals surface area (Å²) in [6, 6.07) is 9.34. The summed E-state index contributed by atoms with van der Waals surface area (Å²) in [5.74, 6) is -0.0590. The van der Waals surface area contributed by atoms with Crippen LogP contribution in [0.4, 0.5) is 4.79 Å². The third kappa shape index (κ3) is 3.99. The zero-order chi connectivity index (χ0) is 17.0. The molecule has 2 rings (SSSR count). The topological polar surface area (TPSA) is 109 Å². The highest BCUT2D eigenvalue weighted by molar-refractivity contribution is 6.30. The van der Waals surface area contributed by atoms with Crippen LogP contribution in [0.15, 0.2) is 40.3 Å². The molecule has 1 heterocycles. The zero-order valence-corrected chi connectivity index (χ0v) is 12.8. The molecule has 0 saturated heterocycles. The molecule has 0 spiro atoms. The van der Waals surface area contributed by atoms with Crippen molar-refractivity contribution in [2.45, 2.75) is 6.92 Å². The number of hydrogen-bond donors (Lipinski definition) is 2. The van der Waals surface area contributed by atoms with Crippen LogP contribution in [0.1, 0.15) is 11.3 Å². The van der Waals surface area contributed by atoms with Gasteiger partial charge < -0.3 is 10.2 Å². The molecule has 116 valence electrons. The molecular weight excluding hydrogens is 318 g/mol. The lowest BCUT2D eigenvalue weighted by atomic mass is 10.1. The van der Waals surface area contributed by atoms with Crippen LogP contribution in [0.2, 0.25) is 5.02 Å². The van der Waals surface area contributed by atoms with Crippen LogP contribution in [-0.2, 0) is 4.79 Å². The quantitative estimate of drug-likeness (QED) is 0.666. The van der Waals surface area contributed by atoms with E-state index in [9.17, 15) is 9.59 Å². The molecule has 3 amide bonds. The van der Waals surface area contributed by atoms with E-state index >= 15 is 0 Å². The molecular formula is C16H12ClN3O3. The predicted molar refractivity (Wildman–Crippen MR) is 85.2 cm³/mol. The van der Waals surface area contributed by atoms with Crippen LogP contribution in [0.5, 0.6) is 0 Å². The largest absolute Gasteiger partial charge is 0.457 e. The molecule has 0 bridgehead atoms. The van der Waals surface area contributed by atoms with Gasteiger partial charge >= 0.3 is 6.03 Å².